The third-order valence-electron chi connectivity index (χ3n) is 6.98. The molecule has 0 aromatic heterocycles. The maximum absolute atomic E-state index is 13.5. The van der Waals surface area contributed by atoms with Gasteiger partial charge in [-0.3, -0.25) is 14.5 Å². The highest BCUT2D eigenvalue weighted by Crippen LogP contribution is 2.32. The number of imide groups is 1. The number of piperazine rings is 1. The number of benzene rings is 3. The van der Waals surface area contributed by atoms with Crippen molar-refractivity contribution in [2.24, 2.45) is 0 Å². The lowest BCUT2D eigenvalue weighted by Gasteiger charge is -2.40. The van der Waals surface area contributed by atoms with E-state index in [9.17, 15) is 14.4 Å². The Balaban J connectivity index is 1.38. The van der Waals surface area contributed by atoms with Crippen molar-refractivity contribution < 1.29 is 14.4 Å². The Morgan fingerprint density at radius 2 is 1.68 bits per heavy atom. The minimum Gasteiger partial charge on any atom is -0.332 e. The van der Waals surface area contributed by atoms with Crippen molar-refractivity contribution in [3.05, 3.63) is 83.9 Å². The molecule has 0 aliphatic carbocycles. The van der Waals surface area contributed by atoms with Gasteiger partial charge in [-0.2, -0.15) is 0 Å². The van der Waals surface area contributed by atoms with Crippen molar-refractivity contribution in [3.8, 4) is 0 Å². The van der Waals surface area contributed by atoms with E-state index in [0.29, 0.717) is 18.7 Å². The summed E-state index contributed by atoms with van der Waals surface area (Å²) in [4.78, 5) is 44.8. The largest absolute Gasteiger partial charge is 0.332 e. The predicted molar refractivity (Wildman–Crippen MR) is 130 cm³/mol. The molecule has 0 spiro atoms. The highest BCUT2D eigenvalue weighted by molar-refractivity contribution is 6.09. The Morgan fingerprint density at radius 3 is 2.44 bits per heavy atom. The molecule has 2 aliphatic rings. The number of nitrogens with zero attached hydrogens (tertiary/aromatic N) is 3. The Morgan fingerprint density at radius 1 is 0.971 bits per heavy atom. The molecule has 2 unspecified atom stereocenters. The van der Waals surface area contributed by atoms with Crippen LogP contribution in [0.25, 0.3) is 10.8 Å². The van der Waals surface area contributed by atoms with E-state index < -0.39 is 17.5 Å². The first-order valence-electron chi connectivity index (χ1n) is 11.5. The molecule has 174 valence electrons. The lowest BCUT2D eigenvalue weighted by molar-refractivity contribution is -0.142. The number of nitrogens with one attached hydrogen (secondary N) is 1. The Labute approximate surface area is 198 Å². The second-order valence-corrected chi connectivity index (χ2v) is 9.28. The molecule has 0 saturated carbocycles. The van der Waals surface area contributed by atoms with Crippen molar-refractivity contribution in [3.63, 3.8) is 0 Å². The monoisotopic (exact) mass is 456 g/mol. The Hall–Kier alpha value is -3.71. The SMILES string of the molecule is CN1CCN(C(=O)CN2C(=O)NC(C)(c3ccc4ccccc4c3)C2=O)C(c2ccccc2)C1. The van der Waals surface area contributed by atoms with Crippen LogP contribution in [0.1, 0.15) is 24.1 Å². The van der Waals surface area contributed by atoms with Crippen LogP contribution in [0, 0.1) is 0 Å². The minimum absolute atomic E-state index is 0.125. The van der Waals surface area contributed by atoms with Gasteiger partial charge in [0.2, 0.25) is 5.91 Å². The Bertz CT molecular complexity index is 1260. The fourth-order valence-corrected chi connectivity index (χ4v) is 4.94. The molecule has 3 aromatic rings. The van der Waals surface area contributed by atoms with Crippen LogP contribution in [0.15, 0.2) is 72.8 Å². The summed E-state index contributed by atoms with van der Waals surface area (Å²) in [6.45, 7) is 3.40. The molecule has 1 N–H and O–H groups in total. The molecule has 2 atom stereocenters. The van der Waals surface area contributed by atoms with Crippen LogP contribution in [-0.4, -0.2) is 65.8 Å². The molecule has 3 aromatic carbocycles. The van der Waals surface area contributed by atoms with Gasteiger partial charge in [0.25, 0.3) is 5.91 Å². The van der Waals surface area contributed by atoms with E-state index in [1.165, 1.54) is 0 Å². The average molecular weight is 457 g/mol. The van der Waals surface area contributed by atoms with Gasteiger partial charge < -0.3 is 15.1 Å². The molecule has 4 amide bonds. The lowest BCUT2D eigenvalue weighted by atomic mass is 9.90. The van der Waals surface area contributed by atoms with E-state index in [0.717, 1.165) is 27.8 Å². The smallest absolute Gasteiger partial charge is 0.325 e. The molecule has 0 bridgehead atoms. The van der Waals surface area contributed by atoms with E-state index in [1.807, 2.05) is 79.8 Å². The number of carbonyl (C=O) groups excluding carboxylic acids is 3. The van der Waals surface area contributed by atoms with Crippen LogP contribution in [0.2, 0.25) is 0 Å². The second kappa shape index (κ2) is 8.57. The van der Waals surface area contributed by atoms with Gasteiger partial charge in [-0.05, 0) is 41.9 Å². The predicted octanol–water partition coefficient (Wildman–Crippen LogP) is 3.12. The van der Waals surface area contributed by atoms with Crippen molar-refractivity contribution in [1.29, 1.82) is 0 Å². The molecule has 2 saturated heterocycles. The maximum atomic E-state index is 13.5. The first kappa shape index (κ1) is 22.1. The third kappa shape index (κ3) is 3.82. The highest BCUT2D eigenvalue weighted by atomic mass is 16.2. The number of hydrogen-bond donors (Lipinski definition) is 1. The van der Waals surface area contributed by atoms with Crippen LogP contribution in [0.3, 0.4) is 0 Å². The normalized spacial score (nSPS) is 23.4. The van der Waals surface area contributed by atoms with Gasteiger partial charge in [-0.25, -0.2) is 4.79 Å². The average Bonchev–Trinajstić information content (AvgIpc) is 3.08. The zero-order valence-electron chi connectivity index (χ0n) is 19.4. The fourth-order valence-electron chi connectivity index (χ4n) is 4.94. The number of urea groups is 1. The van der Waals surface area contributed by atoms with Crippen molar-refractivity contribution >= 4 is 28.6 Å². The van der Waals surface area contributed by atoms with Gasteiger partial charge in [0.15, 0.2) is 0 Å². The molecule has 2 heterocycles. The fraction of sp³-hybridized carbons (Fsp3) is 0.296. The first-order chi connectivity index (χ1) is 16.4. The molecule has 2 aliphatic heterocycles. The first-order valence-corrected chi connectivity index (χ1v) is 11.5. The molecule has 2 fully saturated rings. The zero-order valence-corrected chi connectivity index (χ0v) is 19.4. The van der Waals surface area contributed by atoms with Crippen molar-refractivity contribution in [2.45, 2.75) is 18.5 Å². The molecule has 7 heteroatoms. The standard InChI is InChI=1S/C27H28N4O3/c1-27(22-13-12-19-8-6-7-11-21(19)16-22)25(33)31(26(34)28-27)18-24(32)30-15-14-29(2)17-23(30)20-9-4-3-5-10-20/h3-13,16,23H,14-15,17-18H2,1-2H3,(H,28,34). The minimum atomic E-state index is -1.22. The van der Waals surface area contributed by atoms with Gasteiger partial charge >= 0.3 is 6.03 Å². The maximum Gasteiger partial charge on any atom is 0.325 e. The van der Waals surface area contributed by atoms with Gasteiger partial charge in [-0.1, -0.05) is 66.7 Å². The third-order valence-corrected chi connectivity index (χ3v) is 6.98. The Kier molecular flexibility index (Phi) is 5.57. The summed E-state index contributed by atoms with van der Waals surface area (Å²) in [5.74, 6) is -0.639. The summed E-state index contributed by atoms with van der Waals surface area (Å²) in [6, 6.07) is 22.8. The summed E-state index contributed by atoms with van der Waals surface area (Å²) < 4.78 is 0. The summed E-state index contributed by atoms with van der Waals surface area (Å²) in [5, 5.41) is 4.87. The van der Waals surface area contributed by atoms with E-state index in [1.54, 1.807) is 11.8 Å². The van der Waals surface area contributed by atoms with Crippen LogP contribution in [0.5, 0.6) is 0 Å². The molecule has 5 rings (SSSR count). The molecule has 7 nitrogen and oxygen atoms in total. The summed E-state index contributed by atoms with van der Waals surface area (Å²) in [7, 11) is 2.03. The zero-order chi connectivity index (χ0) is 23.9. The van der Waals surface area contributed by atoms with Crippen LogP contribution in [-0.2, 0) is 15.1 Å². The molecular formula is C27H28N4O3. The van der Waals surface area contributed by atoms with Crippen LogP contribution >= 0.6 is 0 Å². The van der Waals surface area contributed by atoms with Crippen LogP contribution < -0.4 is 5.32 Å². The number of rotatable bonds is 4. The second-order valence-electron chi connectivity index (χ2n) is 9.28. The van der Waals surface area contributed by atoms with Gasteiger partial charge in [-0.15, -0.1) is 0 Å². The van der Waals surface area contributed by atoms with Crippen molar-refractivity contribution in [1.82, 2.24) is 20.0 Å². The van der Waals surface area contributed by atoms with Gasteiger partial charge in [0.1, 0.15) is 12.1 Å². The van der Waals surface area contributed by atoms with E-state index >= 15 is 0 Å². The van der Waals surface area contributed by atoms with Crippen LogP contribution in [0.4, 0.5) is 4.79 Å². The summed E-state index contributed by atoms with van der Waals surface area (Å²) >= 11 is 0. The molecular weight excluding hydrogens is 428 g/mol. The van der Waals surface area contributed by atoms with Crippen molar-refractivity contribution in [2.75, 3.05) is 33.2 Å². The number of amides is 4. The number of carbonyl (C=O) groups is 3. The molecule has 34 heavy (non-hydrogen) atoms. The topological polar surface area (TPSA) is 73.0 Å². The van der Waals surface area contributed by atoms with E-state index in [-0.39, 0.29) is 18.5 Å². The highest BCUT2D eigenvalue weighted by Gasteiger charge is 2.50. The van der Waals surface area contributed by atoms with Gasteiger partial charge in [0, 0.05) is 19.6 Å². The van der Waals surface area contributed by atoms with E-state index in [2.05, 4.69) is 10.2 Å². The number of likely N-dealkylation sites (N-methyl/N-ethyl adjacent to an activating group) is 1. The summed E-state index contributed by atoms with van der Waals surface area (Å²) in [5.41, 5.74) is 0.518. The summed E-state index contributed by atoms with van der Waals surface area (Å²) in [6.07, 6.45) is 0. The number of hydrogen-bond acceptors (Lipinski definition) is 4. The molecule has 0 radical (unpaired) electrons. The lowest BCUT2D eigenvalue weighted by Crippen LogP contribution is -2.52. The van der Waals surface area contributed by atoms with Gasteiger partial charge in [0.05, 0.1) is 6.04 Å². The quantitative estimate of drug-likeness (QED) is 0.613. The number of fused-ring (bicyclic) bond motifs is 1. The van der Waals surface area contributed by atoms with E-state index in [4.69, 9.17) is 0 Å².